The highest BCUT2D eigenvalue weighted by atomic mass is 32.2. The number of hydrogen-bond acceptors (Lipinski definition) is 5. The molecule has 3 aromatic rings. The van der Waals surface area contributed by atoms with Crippen molar-refractivity contribution < 1.29 is 13.3 Å². The number of nitro groups is 1. The van der Waals surface area contributed by atoms with Crippen molar-refractivity contribution >= 4 is 27.6 Å². The minimum Gasteiger partial charge on any atom is -0.258 e. The van der Waals surface area contributed by atoms with Crippen LogP contribution in [-0.2, 0) is 16.6 Å². The van der Waals surface area contributed by atoms with Gasteiger partial charge in [0, 0.05) is 31.9 Å². The molecular weight excluding hydrogens is 390 g/mol. The second-order valence-electron chi connectivity index (χ2n) is 6.35. The van der Waals surface area contributed by atoms with E-state index in [1.807, 2.05) is 30.3 Å². The first kappa shape index (κ1) is 20.4. The van der Waals surface area contributed by atoms with Gasteiger partial charge in [-0.05, 0) is 47.5 Å². The lowest BCUT2D eigenvalue weighted by atomic mass is 10.2. The molecular formula is C21H19N3O4S. The molecule has 0 amide bonds. The number of nitro benzene ring substituents is 1. The second-order valence-corrected chi connectivity index (χ2v) is 8.39. The molecule has 0 aliphatic heterocycles. The van der Waals surface area contributed by atoms with Crippen LogP contribution in [0, 0.1) is 10.1 Å². The summed E-state index contributed by atoms with van der Waals surface area (Å²) in [4.78, 5) is 14.7. The van der Waals surface area contributed by atoms with Gasteiger partial charge >= 0.3 is 0 Å². The lowest BCUT2D eigenvalue weighted by molar-refractivity contribution is -0.384. The molecule has 0 unspecified atom stereocenters. The Morgan fingerprint density at radius 1 is 0.966 bits per heavy atom. The topological polar surface area (TPSA) is 92.9 Å². The van der Waals surface area contributed by atoms with E-state index >= 15 is 0 Å². The number of nitrogens with zero attached hydrogens (tertiary/aromatic N) is 3. The van der Waals surface area contributed by atoms with Gasteiger partial charge in [0.05, 0.1) is 15.5 Å². The van der Waals surface area contributed by atoms with Crippen molar-refractivity contribution in [2.24, 2.45) is 4.99 Å². The summed E-state index contributed by atoms with van der Waals surface area (Å²) in [6, 6.07) is 21.6. The maximum atomic E-state index is 12.7. The third-order valence-corrected chi connectivity index (χ3v) is 6.08. The Morgan fingerprint density at radius 2 is 1.59 bits per heavy atom. The van der Waals surface area contributed by atoms with Gasteiger partial charge in [0.25, 0.3) is 5.69 Å². The van der Waals surface area contributed by atoms with E-state index in [9.17, 15) is 18.5 Å². The normalized spacial score (nSPS) is 11.8. The minimum absolute atomic E-state index is 0.0105. The monoisotopic (exact) mass is 409 g/mol. The van der Waals surface area contributed by atoms with Gasteiger partial charge in [-0.25, -0.2) is 8.42 Å². The van der Waals surface area contributed by atoms with E-state index in [-0.39, 0.29) is 17.1 Å². The van der Waals surface area contributed by atoms with Gasteiger partial charge in [-0.3, -0.25) is 15.1 Å². The maximum absolute atomic E-state index is 12.7. The second kappa shape index (κ2) is 8.76. The summed E-state index contributed by atoms with van der Waals surface area (Å²) in [5.74, 6) is 0. The van der Waals surface area contributed by atoms with E-state index < -0.39 is 14.9 Å². The molecule has 0 saturated carbocycles. The van der Waals surface area contributed by atoms with E-state index in [4.69, 9.17) is 0 Å². The third-order valence-electron chi connectivity index (χ3n) is 4.26. The van der Waals surface area contributed by atoms with Gasteiger partial charge in [-0.2, -0.15) is 4.31 Å². The molecule has 0 heterocycles. The summed E-state index contributed by atoms with van der Waals surface area (Å²) in [7, 11) is -2.07. The minimum atomic E-state index is -3.62. The van der Waals surface area contributed by atoms with Crippen LogP contribution in [0.2, 0.25) is 0 Å². The summed E-state index contributed by atoms with van der Waals surface area (Å²) >= 11 is 0. The Balaban J connectivity index is 1.70. The van der Waals surface area contributed by atoms with Gasteiger partial charge in [0.15, 0.2) is 0 Å². The molecule has 0 radical (unpaired) electrons. The highest BCUT2D eigenvalue weighted by Crippen LogP contribution is 2.21. The number of benzene rings is 3. The van der Waals surface area contributed by atoms with E-state index in [0.717, 1.165) is 5.56 Å². The molecule has 0 atom stereocenters. The van der Waals surface area contributed by atoms with Crippen LogP contribution in [0.4, 0.5) is 11.4 Å². The Labute approximate surface area is 169 Å². The van der Waals surface area contributed by atoms with Crippen molar-refractivity contribution in [1.82, 2.24) is 4.31 Å². The van der Waals surface area contributed by atoms with Crippen LogP contribution in [0.15, 0.2) is 88.8 Å². The summed E-state index contributed by atoms with van der Waals surface area (Å²) in [5.41, 5.74) is 2.20. The fourth-order valence-corrected chi connectivity index (χ4v) is 3.80. The first-order valence-electron chi connectivity index (χ1n) is 8.75. The molecule has 3 rings (SSSR count). The molecule has 0 spiro atoms. The van der Waals surface area contributed by atoms with Gasteiger partial charge in [-0.1, -0.05) is 30.3 Å². The number of rotatable bonds is 7. The number of sulfonamides is 1. The van der Waals surface area contributed by atoms with E-state index in [1.165, 1.54) is 28.6 Å². The third kappa shape index (κ3) is 5.13. The molecule has 0 N–H and O–H groups in total. The Kier molecular flexibility index (Phi) is 6.16. The summed E-state index contributed by atoms with van der Waals surface area (Å²) in [6.07, 6.45) is 1.56. The summed E-state index contributed by atoms with van der Waals surface area (Å²) in [5, 5.41) is 10.7. The molecule has 0 saturated heterocycles. The Hall–Kier alpha value is -3.36. The number of non-ortho nitro benzene ring substituents is 1. The predicted octanol–water partition coefficient (Wildman–Crippen LogP) is 4.17. The molecule has 3 aromatic carbocycles. The summed E-state index contributed by atoms with van der Waals surface area (Å²) in [6.45, 7) is 0.281. The Bertz CT molecular complexity index is 1110. The largest absolute Gasteiger partial charge is 0.269 e. The average Bonchev–Trinajstić information content (AvgIpc) is 2.73. The standard InChI is InChI=1S/C21H19N3O4S/c1-23(16-18-5-3-2-4-6-18)29(27,28)21-13-9-19(10-14-21)22-15-17-7-11-20(12-8-17)24(25)26/h2-15H,16H2,1H3. The van der Waals surface area contributed by atoms with Crippen molar-refractivity contribution in [3.05, 3.63) is 100 Å². The lowest BCUT2D eigenvalue weighted by Gasteiger charge is -2.17. The van der Waals surface area contributed by atoms with Crippen LogP contribution in [-0.4, -0.2) is 30.9 Å². The average molecular weight is 409 g/mol. The molecule has 148 valence electrons. The highest BCUT2D eigenvalue weighted by Gasteiger charge is 2.20. The first-order valence-corrected chi connectivity index (χ1v) is 10.2. The van der Waals surface area contributed by atoms with Crippen LogP contribution in [0.5, 0.6) is 0 Å². The number of hydrogen-bond donors (Lipinski definition) is 0. The van der Waals surface area contributed by atoms with E-state index in [2.05, 4.69) is 4.99 Å². The molecule has 8 heteroatoms. The smallest absolute Gasteiger partial charge is 0.258 e. The van der Waals surface area contributed by atoms with E-state index in [0.29, 0.717) is 11.3 Å². The maximum Gasteiger partial charge on any atom is 0.269 e. The zero-order valence-corrected chi connectivity index (χ0v) is 16.5. The summed E-state index contributed by atoms with van der Waals surface area (Å²) < 4.78 is 26.8. The van der Waals surface area contributed by atoms with Crippen molar-refractivity contribution in [2.45, 2.75) is 11.4 Å². The van der Waals surface area contributed by atoms with Gasteiger partial charge in [-0.15, -0.1) is 0 Å². The number of aliphatic imine (C=N–C) groups is 1. The molecule has 0 aromatic heterocycles. The van der Waals surface area contributed by atoms with Crippen LogP contribution in [0.25, 0.3) is 0 Å². The van der Waals surface area contributed by atoms with Crippen molar-refractivity contribution in [3.63, 3.8) is 0 Å². The molecule has 0 fully saturated rings. The molecule has 0 bridgehead atoms. The van der Waals surface area contributed by atoms with Gasteiger partial charge < -0.3 is 0 Å². The zero-order chi connectivity index (χ0) is 20.9. The zero-order valence-electron chi connectivity index (χ0n) is 15.7. The van der Waals surface area contributed by atoms with Gasteiger partial charge in [0.1, 0.15) is 0 Å². The molecule has 29 heavy (non-hydrogen) atoms. The van der Waals surface area contributed by atoms with Crippen LogP contribution < -0.4 is 0 Å². The van der Waals surface area contributed by atoms with Crippen molar-refractivity contribution in [3.8, 4) is 0 Å². The van der Waals surface area contributed by atoms with Crippen LogP contribution in [0.1, 0.15) is 11.1 Å². The quantitative estimate of drug-likeness (QED) is 0.333. The van der Waals surface area contributed by atoms with Crippen molar-refractivity contribution in [2.75, 3.05) is 7.05 Å². The van der Waals surface area contributed by atoms with Crippen molar-refractivity contribution in [1.29, 1.82) is 0 Å². The van der Waals surface area contributed by atoms with E-state index in [1.54, 1.807) is 37.5 Å². The van der Waals surface area contributed by atoms with Crippen LogP contribution >= 0.6 is 0 Å². The highest BCUT2D eigenvalue weighted by molar-refractivity contribution is 7.89. The molecule has 0 aliphatic rings. The first-order chi connectivity index (χ1) is 13.9. The molecule has 0 aliphatic carbocycles. The predicted molar refractivity (Wildman–Crippen MR) is 112 cm³/mol. The van der Waals surface area contributed by atoms with Crippen LogP contribution in [0.3, 0.4) is 0 Å². The fourth-order valence-electron chi connectivity index (χ4n) is 2.64. The van der Waals surface area contributed by atoms with Gasteiger partial charge in [0.2, 0.25) is 10.0 Å². The molecule has 7 nitrogen and oxygen atoms in total. The Morgan fingerprint density at radius 3 is 2.17 bits per heavy atom. The lowest BCUT2D eigenvalue weighted by Crippen LogP contribution is -2.26. The SMILES string of the molecule is CN(Cc1ccccc1)S(=O)(=O)c1ccc(N=Cc2ccc([N+](=O)[O-])cc2)cc1. The fraction of sp³-hybridized carbons (Fsp3) is 0.0952.